The van der Waals surface area contributed by atoms with Crippen LogP contribution in [0.15, 0.2) is 0 Å². The second-order valence-corrected chi connectivity index (χ2v) is 5.53. The molecule has 2 aliphatic rings. The molecule has 1 heterocycles. The lowest BCUT2D eigenvalue weighted by molar-refractivity contribution is 0.861. The normalized spacial score (nSPS) is 18.8. The Labute approximate surface area is 109 Å². The minimum Gasteiger partial charge on any atom is -0.370 e. The van der Waals surface area contributed by atoms with Gasteiger partial charge in [-0.1, -0.05) is 0 Å². The van der Waals surface area contributed by atoms with Crippen molar-refractivity contribution in [2.45, 2.75) is 45.4 Å². The largest absolute Gasteiger partial charge is 0.370 e. The van der Waals surface area contributed by atoms with Crippen LogP contribution in [0.3, 0.4) is 0 Å². The highest BCUT2D eigenvalue weighted by Crippen LogP contribution is 2.39. The second kappa shape index (κ2) is 4.75. The van der Waals surface area contributed by atoms with Crippen molar-refractivity contribution >= 4 is 11.6 Å². The molecule has 0 aliphatic heterocycles. The molecule has 2 N–H and O–H groups in total. The van der Waals surface area contributed by atoms with Crippen LogP contribution >= 0.6 is 0 Å². The van der Waals surface area contributed by atoms with Crippen molar-refractivity contribution in [3.8, 4) is 0 Å². The minimum atomic E-state index is 0.601. The Morgan fingerprint density at radius 3 is 2.28 bits per heavy atom. The van der Waals surface area contributed by atoms with Crippen molar-refractivity contribution in [2.75, 3.05) is 23.7 Å². The van der Waals surface area contributed by atoms with Gasteiger partial charge in [0.15, 0.2) is 0 Å². The third kappa shape index (κ3) is 2.57. The molecule has 4 heteroatoms. The lowest BCUT2D eigenvalue weighted by Crippen LogP contribution is -2.12. The van der Waals surface area contributed by atoms with Crippen molar-refractivity contribution in [3.05, 3.63) is 11.4 Å². The zero-order chi connectivity index (χ0) is 12.5. The maximum Gasteiger partial charge on any atom is 0.136 e. The van der Waals surface area contributed by atoms with Gasteiger partial charge in [0.1, 0.15) is 17.5 Å². The van der Waals surface area contributed by atoms with Gasteiger partial charge in [0.05, 0.1) is 0 Å². The number of hydrogen-bond donors (Lipinski definition) is 2. The van der Waals surface area contributed by atoms with Crippen molar-refractivity contribution in [2.24, 2.45) is 5.92 Å². The first-order valence-electron chi connectivity index (χ1n) is 7.14. The van der Waals surface area contributed by atoms with Crippen LogP contribution in [0.4, 0.5) is 11.6 Å². The third-order valence-electron chi connectivity index (χ3n) is 3.70. The number of nitrogens with one attached hydrogen (secondary N) is 2. The van der Waals surface area contributed by atoms with Crippen LogP contribution < -0.4 is 10.6 Å². The molecule has 0 atom stereocenters. The molecule has 1 aromatic rings. The zero-order valence-electron chi connectivity index (χ0n) is 11.3. The van der Waals surface area contributed by atoms with Crippen LogP contribution in [0.1, 0.15) is 49.9 Å². The number of hydrogen-bond acceptors (Lipinski definition) is 4. The van der Waals surface area contributed by atoms with Crippen molar-refractivity contribution in [1.82, 2.24) is 9.97 Å². The van der Waals surface area contributed by atoms with Gasteiger partial charge in [0.25, 0.3) is 0 Å². The molecule has 18 heavy (non-hydrogen) atoms. The number of nitrogens with zero attached hydrogens (tertiary/aromatic N) is 2. The molecule has 2 saturated carbocycles. The summed E-state index contributed by atoms with van der Waals surface area (Å²) in [6, 6.07) is 0. The minimum absolute atomic E-state index is 0.601. The standard InChI is InChI=1S/C14H22N4/c1-3-15-12-9(2)13(16-8-10-4-5-10)18-14(17-12)11-6-7-11/h10-11H,3-8H2,1-2H3,(H2,15,16,17,18). The average Bonchev–Trinajstić information content (AvgIpc) is 3.24. The predicted molar refractivity (Wildman–Crippen MR) is 74.1 cm³/mol. The van der Waals surface area contributed by atoms with Crippen LogP contribution in [-0.4, -0.2) is 23.1 Å². The smallest absolute Gasteiger partial charge is 0.136 e. The Morgan fingerprint density at radius 1 is 1.06 bits per heavy atom. The van der Waals surface area contributed by atoms with Gasteiger partial charge in [0, 0.05) is 24.6 Å². The maximum atomic E-state index is 4.71. The topological polar surface area (TPSA) is 49.8 Å². The first-order valence-corrected chi connectivity index (χ1v) is 7.14. The van der Waals surface area contributed by atoms with Gasteiger partial charge in [-0.3, -0.25) is 0 Å². The lowest BCUT2D eigenvalue weighted by Gasteiger charge is -2.14. The molecule has 0 aromatic carbocycles. The van der Waals surface area contributed by atoms with Crippen LogP contribution in [-0.2, 0) is 0 Å². The van der Waals surface area contributed by atoms with Crippen molar-refractivity contribution in [1.29, 1.82) is 0 Å². The molecule has 3 rings (SSSR count). The van der Waals surface area contributed by atoms with E-state index in [0.29, 0.717) is 5.92 Å². The van der Waals surface area contributed by atoms with E-state index in [0.717, 1.165) is 42.0 Å². The summed E-state index contributed by atoms with van der Waals surface area (Å²) in [5, 5.41) is 6.86. The predicted octanol–water partition coefficient (Wildman–Crippen LogP) is 2.92. The number of rotatable bonds is 6. The first-order chi connectivity index (χ1) is 8.78. The Kier molecular flexibility index (Phi) is 3.10. The molecular weight excluding hydrogens is 224 g/mol. The molecule has 0 radical (unpaired) electrons. The summed E-state index contributed by atoms with van der Waals surface area (Å²) < 4.78 is 0. The summed E-state index contributed by atoms with van der Waals surface area (Å²) in [4.78, 5) is 9.38. The zero-order valence-corrected chi connectivity index (χ0v) is 11.3. The third-order valence-corrected chi connectivity index (χ3v) is 3.70. The summed E-state index contributed by atoms with van der Waals surface area (Å²) >= 11 is 0. The Hall–Kier alpha value is -1.32. The Balaban J connectivity index is 1.83. The van der Waals surface area contributed by atoms with Gasteiger partial charge in [-0.15, -0.1) is 0 Å². The monoisotopic (exact) mass is 246 g/mol. The Bertz CT molecular complexity index is 436. The van der Waals surface area contributed by atoms with E-state index in [1.54, 1.807) is 0 Å². The Morgan fingerprint density at radius 2 is 1.72 bits per heavy atom. The fourth-order valence-corrected chi connectivity index (χ4v) is 2.13. The summed E-state index contributed by atoms with van der Waals surface area (Å²) in [5.74, 6) is 4.54. The average molecular weight is 246 g/mol. The molecule has 0 amide bonds. The van der Waals surface area contributed by atoms with Gasteiger partial charge in [-0.2, -0.15) is 0 Å². The van der Waals surface area contributed by atoms with Gasteiger partial charge < -0.3 is 10.6 Å². The summed E-state index contributed by atoms with van der Waals surface area (Å²) in [7, 11) is 0. The van der Waals surface area contributed by atoms with Gasteiger partial charge in [0.2, 0.25) is 0 Å². The molecule has 4 nitrogen and oxygen atoms in total. The molecule has 98 valence electrons. The fraction of sp³-hybridized carbons (Fsp3) is 0.714. The van der Waals surface area contributed by atoms with E-state index in [9.17, 15) is 0 Å². The number of anilines is 2. The van der Waals surface area contributed by atoms with E-state index in [1.165, 1.54) is 25.7 Å². The fourth-order valence-electron chi connectivity index (χ4n) is 2.13. The first kappa shape index (κ1) is 11.8. The second-order valence-electron chi connectivity index (χ2n) is 5.53. The van der Waals surface area contributed by atoms with Gasteiger partial charge >= 0.3 is 0 Å². The van der Waals surface area contributed by atoms with Crippen LogP contribution in [0, 0.1) is 12.8 Å². The highest BCUT2D eigenvalue weighted by Gasteiger charge is 2.28. The number of aromatic nitrogens is 2. The molecule has 0 bridgehead atoms. The molecule has 0 unspecified atom stereocenters. The summed E-state index contributed by atoms with van der Waals surface area (Å²) in [6.45, 7) is 6.18. The summed E-state index contributed by atoms with van der Waals surface area (Å²) in [6.07, 6.45) is 5.23. The van der Waals surface area contributed by atoms with E-state index in [1.807, 2.05) is 0 Å². The van der Waals surface area contributed by atoms with E-state index in [-0.39, 0.29) is 0 Å². The van der Waals surface area contributed by atoms with Crippen molar-refractivity contribution in [3.63, 3.8) is 0 Å². The molecule has 0 spiro atoms. The van der Waals surface area contributed by atoms with E-state index in [2.05, 4.69) is 29.5 Å². The van der Waals surface area contributed by atoms with E-state index >= 15 is 0 Å². The highest BCUT2D eigenvalue weighted by atomic mass is 15.1. The lowest BCUT2D eigenvalue weighted by atomic mass is 10.2. The molecule has 2 aliphatic carbocycles. The van der Waals surface area contributed by atoms with Crippen LogP contribution in [0.5, 0.6) is 0 Å². The molecule has 1 aromatic heterocycles. The molecule has 2 fully saturated rings. The highest BCUT2D eigenvalue weighted by molar-refractivity contribution is 5.57. The summed E-state index contributed by atoms with van der Waals surface area (Å²) in [5.41, 5.74) is 1.15. The van der Waals surface area contributed by atoms with Crippen LogP contribution in [0.2, 0.25) is 0 Å². The van der Waals surface area contributed by atoms with Gasteiger partial charge in [-0.05, 0) is 45.4 Å². The quantitative estimate of drug-likeness (QED) is 0.810. The van der Waals surface area contributed by atoms with Crippen molar-refractivity contribution < 1.29 is 0 Å². The molecular formula is C14H22N4. The SMILES string of the molecule is CCNc1nc(C2CC2)nc(NCC2CC2)c1C. The van der Waals surface area contributed by atoms with Gasteiger partial charge in [-0.25, -0.2) is 9.97 Å². The maximum absolute atomic E-state index is 4.71. The van der Waals surface area contributed by atoms with E-state index in [4.69, 9.17) is 4.98 Å². The van der Waals surface area contributed by atoms with E-state index < -0.39 is 0 Å². The molecule has 0 saturated heterocycles. The van der Waals surface area contributed by atoms with Crippen LogP contribution in [0.25, 0.3) is 0 Å².